The molecule has 2 aliphatic rings. The number of nitrogens with zero attached hydrogens (tertiary/aromatic N) is 2. The number of fused-ring (bicyclic) bond motifs is 1. The third-order valence-corrected chi connectivity index (χ3v) is 4.79. The van der Waals surface area contributed by atoms with Crippen LogP contribution in [-0.2, 0) is 22.4 Å². The van der Waals surface area contributed by atoms with Crippen LogP contribution in [-0.4, -0.2) is 34.3 Å². The number of anilines is 1. The van der Waals surface area contributed by atoms with Gasteiger partial charge in [0.2, 0.25) is 0 Å². The Kier molecular flexibility index (Phi) is 4.71. The van der Waals surface area contributed by atoms with E-state index in [0.29, 0.717) is 31.1 Å². The maximum atomic E-state index is 12.5. The van der Waals surface area contributed by atoms with E-state index in [2.05, 4.69) is 0 Å². The van der Waals surface area contributed by atoms with Crippen LogP contribution in [0.2, 0.25) is 0 Å². The van der Waals surface area contributed by atoms with E-state index >= 15 is 0 Å². The van der Waals surface area contributed by atoms with Crippen LogP contribution in [0, 0.1) is 11.8 Å². The summed E-state index contributed by atoms with van der Waals surface area (Å²) in [5.41, 5.74) is 1.45. The molecule has 0 aromatic carbocycles. The van der Waals surface area contributed by atoms with Gasteiger partial charge < -0.3 is 9.84 Å². The number of rotatable bonds is 3. The zero-order valence-corrected chi connectivity index (χ0v) is 15.1. The predicted octanol–water partition coefficient (Wildman–Crippen LogP) is 3.42. The molecule has 6 nitrogen and oxygen atoms in total. The fourth-order valence-corrected chi connectivity index (χ4v) is 3.49. The van der Waals surface area contributed by atoms with Gasteiger partial charge in [-0.3, -0.25) is 9.69 Å². The number of hydrogen-bond donors (Lipinski definition) is 1. The van der Waals surface area contributed by atoms with Crippen molar-refractivity contribution in [2.75, 3.05) is 11.4 Å². The monoisotopic (exact) mass is 346 g/mol. The largest absolute Gasteiger partial charge is 0.481 e. The fraction of sp³-hybridized carbons (Fsp3) is 0.632. The van der Waals surface area contributed by atoms with E-state index in [9.17, 15) is 9.59 Å². The van der Waals surface area contributed by atoms with Gasteiger partial charge in [0.1, 0.15) is 11.4 Å². The first-order chi connectivity index (χ1) is 11.7. The second-order valence-electron chi connectivity index (χ2n) is 8.10. The summed E-state index contributed by atoms with van der Waals surface area (Å²) in [5.74, 6) is 0.156. The van der Waals surface area contributed by atoms with E-state index in [1.807, 2.05) is 32.9 Å². The molecule has 1 aromatic rings. The van der Waals surface area contributed by atoms with E-state index in [1.54, 1.807) is 4.90 Å². The summed E-state index contributed by atoms with van der Waals surface area (Å²) >= 11 is 0. The third kappa shape index (κ3) is 4.11. The van der Waals surface area contributed by atoms with E-state index < -0.39 is 11.6 Å². The fourth-order valence-electron chi connectivity index (χ4n) is 3.49. The SMILES string of the molecule is CC(C)(C)OC(=O)N1CCCc2ccc(C[C@H]3C[C@H](C(=O)O)C3)nc21. The lowest BCUT2D eigenvalue weighted by Crippen LogP contribution is -2.40. The van der Waals surface area contributed by atoms with Gasteiger partial charge in [-0.2, -0.15) is 0 Å². The number of amides is 1. The lowest BCUT2D eigenvalue weighted by atomic mass is 9.73. The van der Waals surface area contributed by atoms with Crippen LogP contribution in [0.1, 0.15) is 51.3 Å². The molecule has 1 fully saturated rings. The van der Waals surface area contributed by atoms with Crippen molar-refractivity contribution in [3.8, 4) is 0 Å². The van der Waals surface area contributed by atoms with Crippen LogP contribution in [0.5, 0.6) is 0 Å². The number of aromatic nitrogens is 1. The van der Waals surface area contributed by atoms with Crippen molar-refractivity contribution in [2.45, 2.75) is 58.5 Å². The maximum absolute atomic E-state index is 12.5. The highest BCUT2D eigenvalue weighted by molar-refractivity contribution is 5.88. The van der Waals surface area contributed by atoms with Gasteiger partial charge in [0, 0.05) is 12.2 Å². The number of carbonyl (C=O) groups excluding carboxylic acids is 1. The Morgan fingerprint density at radius 2 is 2.04 bits per heavy atom. The summed E-state index contributed by atoms with van der Waals surface area (Å²) in [4.78, 5) is 29.8. The van der Waals surface area contributed by atoms with Crippen LogP contribution in [0.4, 0.5) is 10.6 Å². The highest BCUT2D eigenvalue weighted by atomic mass is 16.6. The summed E-state index contributed by atoms with van der Waals surface area (Å²) in [6.07, 6.45) is 3.64. The van der Waals surface area contributed by atoms with Crippen LogP contribution < -0.4 is 4.90 Å². The van der Waals surface area contributed by atoms with Gasteiger partial charge in [0.25, 0.3) is 0 Å². The smallest absolute Gasteiger partial charge is 0.416 e. The van der Waals surface area contributed by atoms with Crippen molar-refractivity contribution < 1.29 is 19.4 Å². The lowest BCUT2D eigenvalue weighted by Gasteiger charge is -2.33. The molecule has 1 N–H and O–H groups in total. The minimum Gasteiger partial charge on any atom is -0.481 e. The molecule has 0 bridgehead atoms. The number of aliphatic carboxylic acids is 1. The van der Waals surface area contributed by atoms with Crippen molar-refractivity contribution >= 4 is 17.9 Å². The average Bonchev–Trinajstić information content (AvgIpc) is 2.47. The first-order valence-corrected chi connectivity index (χ1v) is 8.95. The van der Waals surface area contributed by atoms with E-state index in [0.717, 1.165) is 30.5 Å². The number of carbonyl (C=O) groups is 2. The standard InChI is InChI=1S/C19H26N2O4/c1-19(2,3)25-18(24)21-8-4-5-13-6-7-15(20-16(13)21)11-12-9-14(10-12)17(22)23/h6-7,12,14H,4-5,8-11H2,1-3H3,(H,22,23)/t12-,14-. The molecule has 1 saturated carbocycles. The van der Waals surface area contributed by atoms with Crippen molar-refractivity contribution in [1.29, 1.82) is 0 Å². The molecule has 1 aliphatic heterocycles. The Hall–Kier alpha value is -2.11. The van der Waals surface area contributed by atoms with Gasteiger partial charge >= 0.3 is 12.1 Å². The molecular formula is C19H26N2O4. The van der Waals surface area contributed by atoms with Gasteiger partial charge in [-0.15, -0.1) is 0 Å². The number of pyridine rings is 1. The minimum absolute atomic E-state index is 0.208. The van der Waals surface area contributed by atoms with Crippen LogP contribution in [0.15, 0.2) is 12.1 Å². The van der Waals surface area contributed by atoms with Crippen molar-refractivity contribution in [2.24, 2.45) is 11.8 Å². The molecule has 1 aliphatic carbocycles. The summed E-state index contributed by atoms with van der Waals surface area (Å²) in [6.45, 7) is 6.18. The van der Waals surface area contributed by atoms with Gasteiger partial charge in [-0.25, -0.2) is 9.78 Å². The first kappa shape index (κ1) is 17.7. The summed E-state index contributed by atoms with van der Waals surface area (Å²) in [7, 11) is 0. The molecule has 2 heterocycles. The Morgan fingerprint density at radius 3 is 2.68 bits per heavy atom. The van der Waals surface area contributed by atoms with Crippen LogP contribution >= 0.6 is 0 Å². The number of ether oxygens (including phenoxy) is 1. The topological polar surface area (TPSA) is 79.7 Å². The Labute approximate surface area is 148 Å². The van der Waals surface area contributed by atoms with Gasteiger partial charge in [0.05, 0.1) is 5.92 Å². The van der Waals surface area contributed by atoms with E-state index in [-0.39, 0.29) is 12.0 Å². The van der Waals surface area contributed by atoms with E-state index in [1.165, 1.54) is 0 Å². The maximum Gasteiger partial charge on any atom is 0.416 e. The summed E-state index contributed by atoms with van der Waals surface area (Å²) in [5, 5.41) is 8.99. The molecule has 0 saturated heterocycles. The number of aryl methyl sites for hydroxylation is 1. The quantitative estimate of drug-likeness (QED) is 0.907. The van der Waals surface area contributed by atoms with E-state index in [4.69, 9.17) is 14.8 Å². The lowest BCUT2D eigenvalue weighted by molar-refractivity contribution is -0.146. The Balaban J connectivity index is 1.72. The number of hydrogen-bond acceptors (Lipinski definition) is 4. The Bertz CT molecular complexity index is 674. The molecule has 0 spiro atoms. The molecule has 0 atom stereocenters. The molecule has 3 rings (SSSR count). The molecule has 25 heavy (non-hydrogen) atoms. The van der Waals surface area contributed by atoms with Crippen LogP contribution in [0.25, 0.3) is 0 Å². The zero-order chi connectivity index (χ0) is 18.2. The zero-order valence-electron chi connectivity index (χ0n) is 15.1. The van der Waals surface area contributed by atoms with Crippen LogP contribution in [0.3, 0.4) is 0 Å². The average molecular weight is 346 g/mol. The second kappa shape index (κ2) is 6.65. The van der Waals surface area contributed by atoms with Gasteiger partial charge in [-0.1, -0.05) is 6.07 Å². The van der Waals surface area contributed by atoms with Crippen molar-refractivity contribution in [1.82, 2.24) is 4.98 Å². The number of carboxylic acid groups (broad SMARTS) is 1. The van der Waals surface area contributed by atoms with Crippen molar-refractivity contribution in [3.05, 3.63) is 23.4 Å². The highest BCUT2D eigenvalue weighted by Gasteiger charge is 2.35. The number of carboxylic acids is 1. The normalized spacial score (nSPS) is 22.8. The van der Waals surface area contributed by atoms with Crippen molar-refractivity contribution in [3.63, 3.8) is 0 Å². The molecule has 1 aromatic heterocycles. The molecule has 136 valence electrons. The summed E-state index contributed by atoms with van der Waals surface area (Å²) < 4.78 is 5.51. The molecule has 0 unspecified atom stereocenters. The highest BCUT2D eigenvalue weighted by Crippen LogP contribution is 2.36. The molecule has 0 radical (unpaired) electrons. The first-order valence-electron chi connectivity index (χ1n) is 8.95. The minimum atomic E-state index is -0.703. The third-order valence-electron chi connectivity index (χ3n) is 4.79. The predicted molar refractivity (Wildman–Crippen MR) is 93.7 cm³/mol. The molecule has 6 heteroatoms. The van der Waals surface area contributed by atoms with Gasteiger partial charge in [-0.05, 0) is 70.4 Å². The molecular weight excluding hydrogens is 320 g/mol. The second-order valence-corrected chi connectivity index (χ2v) is 8.10. The van der Waals surface area contributed by atoms with Gasteiger partial charge in [0.15, 0.2) is 0 Å². The Morgan fingerprint density at radius 1 is 1.32 bits per heavy atom. The summed E-state index contributed by atoms with van der Waals surface area (Å²) in [6, 6.07) is 4.05. The molecule has 1 amide bonds.